The molecule has 0 bridgehead atoms. The van der Waals surface area contributed by atoms with Crippen molar-refractivity contribution in [3.8, 4) is 0 Å². The van der Waals surface area contributed by atoms with Crippen molar-refractivity contribution in [1.82, 2.24) is 4.98 Å². The van der Waals surface area contributed by atoms with Crippen LogP contribution in [0.1, 0.15) is 36.7 Å². The van der Waals surface area contributed by atoms with Gasteiger partial charge < -0.3 is 5.32 Å². The van der Waals surface area contributed by atoms with E-state index < -0.39 is 0 Å². The molecule has 2 aromatic rings. The molecule has 0 atom stereocenters. The van der Waals surface area contributed by atoms with Gasteiger partial charge in [0.1, 0.15) is 5.15 Å². The van der Waals surface area contributed by atoms with E-state index in [2.05, 4.69) is 31.1 Å². The van der Waals surface area contributed by atoms with Gasteiger partial charge in [0, 0.05) is 11.9 Å². The first-order chi connectivity index (χ1) is 9.79. The number of amides is 1. The highest BCUT2D eigenvalue weighted by molar-refractivity contribution is 6.35. The van der Waals surface area contributed by atoms with E-state index in [1.54, 1.807) is 0 Å². The fraction of sp³-hybridized carbons (Fsp3) is 0.250. The smallest absolute Gasteiger partial charge is 0.257 e. The molecular weight excluding hydrogens is 307 g/mol. The van der Waals surface area contributed by atoms with E-state index in [1.807, 2.05) is 24.3 Å². The molecule has 0 radical (unpaired) electrons. The van der Waals surface area contributed by atoms with Gasteiger partial charge >= 0.3 is 0 Å². The number of carbonyl (C=O) groups is 1. The molecule has 3 nitrogen and oxygen atoms in total. The van der Waals surface area contributed by atoms with Gasteiger partial charge in [-0.05, 0) is 23.1 Å². The summed E-state index contributed by atoms with van der Waals surface area (Å²) in [7, 11) is 0. The molecule has 0 aliphatic carbocycles. The molecule has 1 N–H and O–H groups in total. The van der Waals surface area contributed by atoms with Gasteiger partial charge in [-0.15, -0.1) is 0 Å². The number of rotatable bonds is 2. The van der Waals surface area contributed by atoms with Gasteiger partial charge in [0.2, 0.25) is 0 Å². The van der Waals surface area contributed by atoms with Crippen LogP contribution in [0.25, 0.3) is 0 Å². The number of pyridine rings is 1. The van der Waals surface area contributed by atoms with Crippen LogP contribution >= 0.6 is 23.2 Å². The second-order valence-electron chi connectivity index (χ2n) is 5.74. The largest absolute Gasteiger partial charge is 0.322 e. The molecule has 5 heteroatoms. The van der Waals surface area contributed by atoms with Crippen molar-refractivity contribution in [2.45, 2.75) is 26.2 Å². The molecule has 1 aromatic carbocycles. The van der Waals surface area contributed by atoms with Crippen molar-refractivity contribution in [3.05, 3.63) is 57.8 Å². The summed E-state index contributed by atoms with van der Waals surface area (Å²) in [5.74, 6) is -0.305. The van der Waals surface area contributed by atoms with Crippen molar-refractivity contribution in [2.75, 3.05) is 5.32 Å². The molecule has 2 rings (SSSR count). The molecule has 1 amide bonds. The van der Waals surface area contributed by atoms with Crippen LogP contribution in [0.15, 0.2) is 36.5 Å². The highest BCUT2D eigenvalue weighted by atomic mass is 35.5. The van der Waals surface area contributed by atoms with E-state index in [9.17, 15) is 4.79 Å². The first-order valence-corrected chi connectivity index (χ1v) is 7.26. The third-order valence-electron chi connectivity index (χ3n) is 3.05. The Morgan fingerprint density at radius 2 is 1.86 bits per heavy atom. The number of halogens is 2. The molecule has 110 valence electrons. The fourth-order valence-corrected chi connectivity index (χ4v) is 2.37. The van der Waals surface area contributed by atoms with E-state index in [1.165, 1.54) is 12.3 Å². The Morgan fingerprint density at radius 3 is 2.52 bits per heavy atom. The molecule has 21 heavy (non-hydrogen) atoms. The average Bonchev–Trinajstić information content (AvgIpc) is 2.41. The molecule has 0 fully saturated rings. The predicted molar refractivity (Wildman–Crippen MR) is 87.4 cm³/mol. The second-order valence-corrected chi connectivity index (χ2v) is 6.53. The number of para-hydroxylation sites is 1. The van der Waals surface area contributed by atoms with Crippen molar-refractivity contribution in [2.24, 2.45) is 0 Å². The normalized spacial score (nSPS) is 11.3. The van der Waals surface area contributed by atoms with Crippen molar-refractivity contribution < 1.29 is 4.79 Å². The summed E-state index contributed by atoms with van der Waals surface area (Å²) in [5.41, 5.74) is 2.04. The maximum Gasteiger partial charge on any atom is 0.257 e. The van der Waals surface area contributed by atoms with Crippen molar-refractivity contribution in [1.29, 1.82) is 0 Å². The van der Waals surface area contributed by atoms with Crippen LogP contribution in [0.3, 0.4) is 0 Å². The minimum Gasteiger partial charge on any atom is -0.322 e. The molecule has 0 saturated carbocycles. The summed E-state index contributed by atoms with van der Waals surface area (Å²) in [5, 5.41) is 3.39. The van der Waals surface area contributed by atoms with E-state index >= 15 is 0 Å². The van der Waals surface area contributed by atoms with Gasteiger partial charge in [-0.3, -0.25) is 4.79 Å². The van der Waals surface area contributed by atoms with E-state index in [0.717, 1.165) is 11.3 Å². The first-order valence-electron chi connectivity index (χ1n) is 6.51. The van der Waals surface area contributed by atoms with Gasteiger partial charge in [-0.25, -0.2) is 4.98 Å². The van der Waals surface area contributed by atoms with Crippen LogP contribution in [-0.4, -0.2) is 10.9 Å². The maximum atomic E-state index is 12.4. The van der Waals surface area contributed by atoms with E-state index in [-0.39, 0.29) is 21.5 Å². The monoisotopic (exact) mass is 322 g/mol. The summed E-state index contributed by atoms with van der Waals surface area (Å²) in [6.45, 7) is 6.27. The molecule has 1 heterocycles. The van der Waals surface area contributed by atoms with Crippen LogP contribution in [0.5, 0.6) is 0 Å². The topological polar surface area (TPSA) is 42.0 Å². The number of hydrogen-bond donors (Lipinski definition) is 1. The van der Waals surface area contributed by atoms with Crippen LogP contribution < -0.4 is 5.32 Å². The summed E-state index contributed by atoms with van der Waals surface area (Å²) < 4.78 is 0. The summed E-state index contributed by atoms with van der Waals surface area (Å²) in [6.07, 6.45) is 1.37. The lowest BCUT2D eigenvalue weighted by molar-refractivity contribution is 0.102. The highest BCUT2D eigenvalue weighted by Gasteiger charge is 2.20. The van der Waals surface area contributed by atoms with Crippen LogP contribution in [0.4, 0.5) is 5.69 Å². The summed E-state index contributed by atoms with van der Waals surface area (Å²) >= 11 is 11.8. The number of carbonyl (C=O) groups excluding carboxylic acids is 1. The molecule has 0 spiro atoms. The Kier molecular flexibility index (Phi) is 4.55. The minimum atomic E-state index is -0.305. The van der Waals surface area contributed by atoms with Gasteiger partial charge in [0.15, 0.2) is 0 Å². The third-order valence-corrected chi connectivity index (χ3v) is 3.56. The number of aromatic nitrogens is 1. The Hall–Kier alpha value is -1.58. The lowest BCUT2D eigenvalue weighted by atomic mass is 9.86. The zero-order chi connectivity index (χ0) is 15.6. The Bertz CT molecular complexity index is 678. The number of nitrogens with zero attached hydrogens (tertiary/aromatic N) is 1. The van der Waals surface area contributed by atoms with Crippen LogP contribution in [0.2, 0.25) is 10.2 Å². The molecule has 0 unspecified atom stereocenters. The fourth-order valence-electron chi connectivity index (χ4n) is 2.02. The Labute approximate surface area is 134 Å². The van der Waals surface area contributed by atoms with Gasteiger partial charge in [-0.2, -0.15) is 0 Å². The highest BCUT2D eigenvalue weighted by Crippen LogP contribution is 2.30. The van der Waals surface area contributed by atoms with Gasteiger partial charge in [-0.1, -0.05) is 62.2 Å². The first kappa shape index (κ1) is 15.8. The number of anilines is 1. The zero-order valence-corrected chi connectivity index (χ0v) is 13.6. The van der Waals surface area contributed by atoms with E-state index in [0.29, 0.717) is 5.56 Å². The summed E-state index contributed by atoms with van der Waals surface area (Å²) in [4.78, 5) is 16.2. The lowest BCUT2D eigenvalue weighted by Crippen LogP contribution is -2.19. The quantitative estimate of drug-likeness (QED) is 0.796. The average molecular weight is 323 g/mol. The second kappa shape index (κ2) is 6.04. The molecule has 1 aromatic heterocycles. The molecule has 0 aliphatic heterocycles. The lowest BCUT2D eigenvalue weighted by Gasteiger charge is -2.23. The summed E-state index contributed by atoms with van der Waals surface area (Å²) in [6, 6.07) is 9.16. The SMILES string of the molecule is CC(C)(C)c1ccccc1NC(=O)c1cc(Cl)ncc1Cl. The standard InChI is InChI=1S/C16H16Cl2N2O/c1-16(2,3)11-6-4-5-7-13(11)20-15(21)10-8-14(18)19-9-12(10)17/h4-9H,1-3H3,(H,20,21). The van der Waals surface area contributed by atoms with E-state index in [4.69, 9.17) is 23.2 Å². The zero-order valence-electron chi connectivity index (χ0n) is 12.1. The molecular formula is C16H16Cl2N2O. The Balaban J connectivity index is 2.35. The molecule has 0 saturated heterocycles. The van der Waals surface area contributed by atoms with Gasteiger partial charge in [0.25, 0.3) is 5.91 Å². The maximum absolute atomic E-state index is 12.4. The van der Waals surface area contributed by atoms with Gasteiger partial charge in [0.05, 0.1) is 10.6 Å². The minimum absolute atomic E-state index is 0.0798. The third kappa shape index (κ3) is 3.74. The number of benzene rings is 1. The Morgan fingerprint density at radius 1 is 1.19 bits per heavy atom. The number of hydrogen-bond acceptors (Lipinski definition) is 2. The number of nitrogens with one attached hydrogen (secondary N) is 1. The van der Waals surface area contributed by atoms with Crippen molar-refractivity contribution in [3.63, 3.8) is 0 Å². The van der Waals surface area contributed by atoms with Crippen LogP contribution in [0, 0.1) is 0 Å². The predicted octanol–water partition coefficient (Wildman–Crippen LogP) is 4.94. The molecule has 0 aliphatic rings. The van der Waals surface area contributed by atoms with Crippen molar-refractivity contribution >= 4 is 34.8 Å². The van der Waals surface area contributed by atoms with Crippen LogP contribution in [-0.2, 0) is 5.41 Å².